The number of nitrogens with zero attached hydrogens (tertiary/aromatic N) is 1. The van der Waals surface area contributed by atoms with Crippen LogP contribution in [0.25, 0.3) is 0 Å². The summed E-state index contributed by atoms with van der Waals surface area (Å²) in [5.74, 6) is -0.582. The summed E-state index contributed by atoms with van der Waals surface area (Å²) in [6.07, 6.45) is 0. The fourth-order valence-electron chi connectivity index (χ4n) is 1.19. The van der Waals surface area contributed by atoms with Gasteiger partial charge in [-0.3, -0.25) is 4.79 Å². The normalized spacial score (nSPS) is 10.0. The van der Waals surface area contributed by atoms with Gasteiger partial charge in [0.05, 0.1) is 17.9 Å². The highest BCUT2D eigenvalue weighted by atomic mass is 16.3. The molecule has 1 aromatic carbocycles. The van der Waals surface area contributed by atoms with Gasteiger partial charge in [-0.2, -0.15) is 0 Å². The largest absolute Gasteiger partial charge is 0.505 e. The number of phenolic OH excluding ortho intramolecular Hbond substituents is 1. The number of likely N-dealkylation sites (N-methyl/N-ethyl adjacent to an activating group) is 1. The summed E-state index contributed by atoms with van der Waals surface area (Å²) in [7, 11) is 1.54. The van der Waals surface area contributed by atoms with Gasteiger partial charge < -0.3 is 20.8 Å². The van der Waals surface area contributed by atoms with Crippen LogP contribution in [0.2, 0.25) is 0 Å². The Morgan fingerprint density at radius 3 is 2.80 bits per heavy atom. The Bertz CT molecular complexity index is 366. The van der Waals surface area contributed by atoms with Crippen LogP contribution in [0.3, 0.4) is 0 Å². The molecule has 0 heterocycles. The van der Waals surface area contributed by atoms with E-state index in [-0.39, 0.29) is 36.1 Å². The summed E-state index contributed by atoms with van der Waals surface area (Å²) in [6, 6.07) is 4.59. The lowest BCUT2D eigenvalue weighted by Gasteiger charge is -2.16. The fraction of sp³-hybridized carbons (Fsp3) is 0.300. The van der Waals surface area contributed by atoms with E-state index in [4.69, 9.17) is 10.8 Å². The summed E-state index contributed by atoms with van der Waals surface area (Å²) in [4.78, 5) is 13.0. The Morgan fingerprint density at radius 1 is 1.53 bits per heavy atom. The first-order chi connectivity index (χ1) is 7.07. The molecule has 1 aromatic rings. The molecule has 0 atom stereocenters. The van der Waals surface area contributed by atoms with Crippen LogP contribution in [0.1, 0.15) is 10.4 Å². The zero-order chi connectivity index (χ0) is 11.4. The minimum Gasteiger partial charge on any atom is -0.505 e. The van der Waals surface area contributed by atoms with Crippen molar-refractivity contribution in [2.24, 2.45) is 0 Å². The number of benzene rings is 1. The minimum absolute atomic E-state index is 0.120. The quantitative estimate of drug-likeness (QED) is 0.485. The van der Waals surface area contributed by atoms with Crippen molar-refractivity contribution < 1.29 is 15.0 Å². The van der Waals surface area contributed by atoms with Crippen LogP contribution in [-0.2, 0) is 0 Å². The van der Waals surface area contributed by atoms with Crippen molar-refractivity contribution in [3.05, 3.63) is 23.8 Å². The zero-order valence-electron chi connectivity index (χ0n) is 8.47. The van der Waals surface area contributed by atoms with E-state index in [1.807, 2.05) is 0 Å². The Labute approximate surface area is 87.7 Å². The number of amides is 1. The molecule has 82 valence electrons. The van der Waals surface area contributed by atoms with Gasteiger partial charge in [0.15, 0.2) is 5.75 Å². The number of aromatic hydroxyl groups is 1. The lowest BCUT2D eigenvalue weighted by molar-refractivity contribution is 0.0764. The van der Waals surface area contributed by atoms with Crippen molar-refractivity contribution in [2.45, 2.75) is 0 Å². The van der Waals surface area contributed by atoms with E-state index in [1.165, 1.54) is 17.0 Å². The van der Waals surface area contributed by atoms with Crippen molar-refractivity contribution in [3.8, 4) is 5.75 Å². The second-order valence-corrected chi connectivity index (χ2v) is 3.19. The SMILES string of the molecule is CN(CCO)C(=O)c1cccc(N)c1O. The number of para-hydroxylation sites is 1. The third kappa shape index (κ3) is 2.38. The summed E-state index contributed by atoms with van der Waals surface area (Å²) < 4.78 is 0. The molecule has 0 aromatic heterocycles. The molecule has 0 radical (unpaired) electrons. The first-order valence-corrected chi connectivity index (χ1v) is 4.51. The third-order valence-corrected chi connectivity index (χ3v) is 2.08. The van der Waals surface area contributed by atoms with Gasteiger partial charge in [0.2, 0.25) is 0 Å². The summed E-state index contributed by atoms with van der Waals surface area (Å²) in [6.45, 7) is 0.0956. The highest BCUT2D eigenvalue weighted by Gasteiger charge is 2.16. The van der Waals surface area contributed by atoms with E-state index >= 15 is 0 Å². The first-order valence-electron chi connectivity index (χ1n) is 4.51. The van der Waals surface area contributed by atoms with E-state index < -0.39 is 0 Å². The number of carbonyl (C=O) groups is 1. The number of hydrogen-bond donors (Lipinski definition) is 3. The monoisotopic (exact) mass is 210 g/mol. The molecule has 0 saturated carbocycles. The molecular formula is C10H14N2O3. The van der Waals surface area contributed by atoms with Crippen LogP contribution in [0.4, 0.5) is 5.69 Å². The van der Waals surface area contributed by atoms with E-state index in [0.717, 1.165) is 0 Å². The Balaban J connectivity index is 2.96. The van der Waals surface area contributed by atoms with E-state index in [2.05, 4.69) is 0 Å². The molecule has 1 rings (SSSR count). The highest BCUT2D eigenvalue weighted by Crippen LogP contribution is 2.25. The molecular weight excluding hydrogens is 196 g/mol. The van der Waals surface area contributed by atoms with Crippen molar-refractivity contribution in [3.63, 3.8) is 0 Å². The molecule has 0 aliphatic heterocycles. The molecule has 1 amide bonds. The van der Waals surface area contributed by atoms with Crippen molar-refractivity contribution in [1.29, 1.82) is 0 Å². The third-order valence-electron chi connectivity index (χ3n) is 2.08. The van der Waals surface area contributed by atoms with E-state index in [1.54, 1.807) is 13.1 Å². The standard InChI is InChI=1S/C10H14N2O3/c1-12(5-6-13)10(15)7-3-2-4-8(11)9(7)14/h2-4,13-14H,5-6,11H2,1H3. The highest BCUT2D eigenvalue weighted by molar-refractivity contribution is 5.98. The van der Waals surface area contributed by atoms with Gasteiger partial charge in [-0.05, 0) is 12.1 Å². The number of aliphatic hydroxyl groups is 1. The van der Waals surface area contributed by atoms with Crippen LogP contribution in [0, 0.1) is 0 Å². The van der Waals surface area contributed by atoms with Crippen LogP contribution in [0.5, 0.6) is 5.75 Å². The maximum Gasteiger partial charge on any atom is 0.257 e. The topological polar surface area (TPSA) is 86.8 Å². The molecule has 0 aliphatic rings. The average molecular weight is 210 g/mol. The number of nitrogens with two attached hydrogens (primary N) is 1. The number of anilines is 1. The molecule has 0 spiro atoms. The summed E-state index contributed by atoms with van der Waals surface area (Å²) in [5, 5.41) is 18.2. The molecule has 0 saturated heterocycles. The van der Waals surface area contributed by atoms with Crippen molar-refractivity contribution >= 4 is 11.6 Å². The van der Waals surface area contributed by atoms with Gasteiger partial charge in [0, 0.05) is 13.6 Å². The zero-order valence-corrected chi connectivity index (χ0v) is 8.47. The van der Waals surface area contributed by atoms with Gasteiger partial charge in [0.25, 0.3) is 5.91 Å². The van der Waals surface area contributed by atoms with Gasteiger partial charge in [-0.25, -0.2) is 0 Å². The molecule has 0 unspecified atom stereocenters. The Kier molecular flexibility index (Phi) is 3.51. The number of nitrogen functional groups attached to an aromatic ring is 1. The fourth-order valence-corrected chi connectivity index (χ4v) is 1.19. The number of hydrogen-bond acceptors (Lipinski definition) is 4. The van der Waals surface area contributed by atoms with Crippen molar-refractivity contribution in [2.75, 3.05) is 25.9 Å². The van der Waals surface area contributed by atoms with Crippen LogP contribution < -0.4 is 5.73 Å². The number of rotatable bonds is 3. The molecule has 15 heavy (non-hydrogen) atoms. The average Bonchev–Trinajstić information content (AvgIpc) is 2.21. The summed E-state index contributed by atoms with van der Waals surface area (Å²) in [5.41, 5.74) is 5.77. The van der Waals surface area contributed by atoms with Crippen LogP contribution in [0.15, 0.2) is 18.2 Å². The van der Waals surface area contributed by atoms with Gasteiger partial charge in [-0.15, -0.1) is 0 Å². The molecule has 5 nitrogen and oxygen atoms in total. The maximum atomic E-state index is 11.7. The number of aliphatic hydroxyl groups excluding tert-OH is 1. The molecule has 0 aliphatic carbocycles. The smallest absolute Gasteiger partial charge is 0.257 e. The minimum atomic E-state index is -0.367. The Morgan fingerprint density at radius 2 is 2.20 bits per heavy atom. The van der Waals surface area contributed by atoms with E-state index in [9.17, 15) is 9.90 Å². The number of carbonyl (C=O) groups excluding carboxylic acids is 1. The summed E-state index contributed by atoms with van der Waals surface area (Å²) >= 11 is 0. The lowest BCUT2D eigenvalue weighted by atomic mass is 10.1. The molecule has 0 fully saturated rings. The molecule has 0 bridgehead atoms. The molecule has 5 heteroatoms. The molecule has 4 N–H and O–H groups in total. The first kappa shape index (κ1) is 11.3. The Hall–Kier alpha value is -1.75. The second-order valence-electron chi connectivity index (χ2n) is 3.19. The van der Waals surface area contributed by atoms with Gasteiger partial charge in [-0.1, -0.05) is 6.07 Å². The maximum absolute atomic E-state index is 11.7. The predicted octanol–water partition coefficient (Wildman–Crippen LogP) is 0.0387. The lowest BCUT2D eigenvalue weighted by Crippen LogP contribution is -2.29. The van der Waals surface area contributed by atoms with Gasteiger partial charge >= 0.3 is 0 Å². The predicted molar refractivity (Wildman–Crippen MR) is 56.6 cm³/mol. The van der Waals surface area contributed by atoms with Crippen LogP contribution >= 0.6 is 0 Å². The number of phenols is 1. The van der Waals surface area contributed by atoms with E-state index in [0.29, 0.717) is 0 Å². The van der Waals surface area contributed by atoms with Gasteiger partial charge in [0.1, 0.15) is 0 Å². The van der Waals surface area contributed by atoms with Crippen LogP contribution in [-0.4, -0.2) is 41.2 Å². The second kappa shape index (κ2) is 4.65. The van der Waals surface area contributed by atoms with Crippen molar-refractivity contribution in [1.82, 2.24) is 4.90 Å².